The van der Waals surface area contributed by atoms with Crippen LogP contribution in [0.2, 0.25) is 0 Å². The third-order valence-electron chi connectivity index (χ3n) is 3.10. The van der Waals surface area contributed by atoms with Crippen molar-refractivity contribution in [2.24, 2.45) is 5.73 Å². The van der Waals surface area contributed by atoms with Crippen molar-refractivity contribution < 1.29 is 0 Å². The van der Waals surface area contributed by atoms with Crippen LogP contribution < -0.4 is 10.6 Å². The summed E-state index contributed by atoms with van der Waals surface area (Å²) in [7, 11) is 1.98. The SMILES string of the molecule is CN(c1ccc(C(N)=S)cc1)c1ncnc2sccc12. The molecule has 3 aromatic rings. The van der Waals surface area contributed by atoms with Gasteiger partial charge in [-0.1, -0.05) is 12.2 Å². The van der Waals surface area contributed by atoms with Crippen molar-refractivity contribution in [3.8, 4) is 0 Å². The first kappa shape index (κ1) is 13.0. The Kier molecular flexibility index (Phi) is 3.33. The van der Waals surface area contributed by atoms with Gasteiger partial charge in [0.2, 0.25) is 0 Å². The van der Waals surface area contributed by atoms with Crippen molar-refractivity contribution in [2.75, 3.05) is 11.9 Å². The molecule has 100 valence electrons. The number of fused-ring (bicyclic) bond motifs is 1. The fourth-order valence-electron chi connectivity index (χ4n) is 2.02. The van der Waals surface area contributed by atoms with Crippen LogP contribution >= 0.6 is 23.6 Å². The van der Waals surface area contributed by atoms with Gasteiger partial charge in [0.25, 0.3) is 0 Å². The highest BCUT2D eigenvalue weighted by molar-refractivity contribution is 7.80. The molecule has 0 aliphatic rings. The van der Waals surface area contributed by atoms with E-state index in [1.165, 1.54) is 0 Å². The number of nitrogens with two attached hydrogens (primary N) is 1. The van der Waals surface area contributed by atoms with E-state index in [2.05, 4.69) is 9.97 Å². The van der Waals surface area contributed by atoms with E-state index >= 15 is 0 Å². The van der Waals surface area contributed by atoms with E-state index in [-0.39, 0.29) is 0 Å². The summed E-state index contributed by atoms with van der Waals surface area (Å²) >= 11 is 6.57. The molecule has 3 rings (SSSR count). The summed E-state index contributed by atoms with van der Waals surface area (Å²) in [6.07, 6.45) is 1.59. The van der Waals surface area contributed by atoms with Gasteiger partial charge in [-0.25, -0.2) is 9.97 Å². The van der Waals surface area contributed by atoms with E-state index in [0.29, 0.717) is 4.99 Å². The molecule has 2 heterocycles. The molecule has 6 heteroatoms. The first-order valence-electron chi connectivity index (χ1n) is 5.98. The highest BCUT2D eigenvalue weighted by atomic mass is 32.1. The molecule has 2 aromatic heterocycles. The molecule has 2 N–H and O–H groups in total. The molecule has 0 saturated carbocycles. The highest BCUT2D eigenvalue weighted by Gasteiger charge is 2.11. The molecule has 0 spiro atoms. The Morgan fingerprint density at radius 2 is 1.95 bits per heavy atom. The first-order chi connectivity index (χ1) is 9.66. The topological polar surface area (TPSA) is 55.0 Å². The van der Waals surface area contributed by atoms with Crippen LogP contribution in [0.3, 0.4) is 0 Å². The molecule has 0 aliphatic heterocycles. The third kappa shape index (κ3) is 2.23. The lowest BCUT2D eigenvalue weighted by molar-refractivity contribution is 1.11. The summed E-state index contributed by atoms with van der Waals surface area (Å²) in [5, 5.41) is 3.07. The summed E-state index contributed by atoms with van der Waals surface area (Å²) in [6.45, 7) is 0. The zero-order valence-electron chi connectivity index (χ0n) is 10.8. The highest BCUT2D eigenvalue weighted by Crippen LogP contribution is 2.30. The number of thiophene rings is 1. The van der Waals surface area contributed by atoms with Gasteiger partial charge in [-0.2, -0.15) is 0 Å². The molecular formula is C14H12N4S2. The molecule has 4 nitrogen and oxygen atoms in total. The van der Waals surface area contributed by atoms with Crippen molar-refractivity contribution in [1.82, 2.24) is 9.97 Å². The Bertz CT molecular complexity index is 764. The summed E-state index contributed by atoms with van der Waals surface area (Å²) < 4.78 is 0. The molecule has 0 radical (unpaired) electrons. The van der Waals surface area contributed by atoms with Crippen LogP contribution in [0.5, 0.6) is 0 Å². The quantitative estimate of drug-likeness (QED) is 0.753. The van der Waals surface area contributed by atoms with E-state index in [1.54, 1.807) is 17.7 Å². The summed E-state index contributed by atoms with van der Waals surface area (Å²) in [5.41, 5.74) is 7.50. The lowest BCUT2D eigenvalue weighted by Crippen LogP contribution is -2.13. The van der Waals surface area contributed by atoms with E-state index in [9.17, 15) is 0 Å². The number of aromatic nitrogens is 2. The minimum Gasteiger partial charge on any atom is -0.389 e. The molecule has 1 aromatic carbocycles. The molecule has 0 atom stereocenters. The molecule has 0 aliphatic carbocycles. The second-order valence-electron chi connectivity index (χ2n) is 4.31. The van der Waals surface area contributed by atoms with Crippen LogP contribution in [-0.2, 0) is 0 Å². The molecule has 0 unspecified atom stereocenters. The first-order valence-corrected chi connectivity index (χ1v) is 7.27. The molecule has 0 bridgehead atoms. The molecule has 0 amide bonds. The molecule has 0 fully saturated rings. The predicted octanol–water partition coefficient (Wildman–Crippen LogP) is 3.09. The molecule has 20 heavy (non-hydrogen) atoms. The summed E-state index contributed by atoms with van der Waals surface area (Å²) in [5.74, 6) is 0.888. The van der Waals surface area contributed by atoms with E-state index in [1.807, 2.05) is 47.7 Å². The van der Waals surface area contributed by atoms with E-state index in [4.69, 9.17) is 18.0 Å². The number of hydrogen-bond acceptors (Lipinski definition) is 5. The van der Waals surface area contributed by atoms with Gasteiger partial charge in [0.15, 0.2) is 0 Å². The number of rotatable bonds is 3. The van der Waals surface area contributed by atoms with Crippen molar-refractivity contribution in [3.05, 3.63) is 47.6 Å². The van der Waals surface area contributed by atoms with Gasteiger partial charge in [-0.15, -0.1) is 11.3 Å². The van der Waals surface area contributed by atoms with Crippen LogP contribution in [0.4, 0.5) is 11.5 Å². The third-order valence-corrected chi connectivity index (χ3v) is 4.15. The maximum absolute atomic E-state index is 5.61. The zero-order chi connectivity index (χ0) is 14.1. The van der Waals surface area contributed by atoms with Crippen molar-refractivity contribution in [1.29, 1.82) is 0 Å². The van der Waals surface area contributed by atoms with Crippen molar-refractivity contribution in [2.45, 2.75) is 0 Å². The van der Waals surface area contributed by atoms with Crippen LogP contribution in [0.15, 0.2) is 42.0 Å². The fourth-order valence-corrected chi connectivity index (χ4v) is 2.88. The summed E-state index contributed by atoms with van der Waals surface area (Å²) in [6, 6.07) is 9.83. The zero-order valence-corrected chi connectivity index (χ0v) is 12.4. The standard InChI is InChI=1S/C14H12N4S2/c1-18(10-4-2-9(3-5-10)12(15)19)13-11-6-7-20-14(11)17-8-16-13/h2-8H,1H3,(H2,15,19). The maximum Gasteiger partial charge on any atom is 0.144 e. The van der Waals surface area contributed by atoms with E-state index < -0.39 is 0 Å². The Morgan fingerprint density at radius 3 is 2.65 bits per heavy atom. The van der Waals surface area contributed by atoms with Gasteiger partial charge >= 0.3 is 0 Å². The second kappa shape index (κ2) is 5.15. The Labute approximate surface area is 125 Å². The second-order valence-corrected chi connectivity index (χ2v) is 5.64. The average molecular weight is 300 g/mol. The number of thiocarbonyl (C=S) groups is 1. The summed E-state index contributed by atoms with van der Waals surface area (Å²) in [4.78, 5) is 12.1. The lowest BCUT2D eigenvalue weighted by Gasteiger charge is -2.19. The van der Waals surface area contributed by atoms with Crippen LogP contribution in [-0.4, -0.2) is 22.0 Å². The Morgan fingerprint density at radius 1 is 1.20 bits per heavy atom. The van der Waals surface area contributed by atoms with E-state index in [0.717, 1.165) is 27.3 Å². The molecule has 0 saturated heterocycles. The van der Waals surface area contributed by atoms with Gasteiger partial charge in [-0.3, -0.25) is 0 Å². The molecular weight excluding hydrogens is 288 g/mol. The Hall–Kier alpha value is -2.05. The van der Waals surface area contributed by atoms with Crippen molar-refractivity contribution >= 4 is 50.3 Å². The van der Waals surface area contributed by atoms with Crippen LogP contribution in [0.25, 0.3) is 10.2 Å². The van der Waals surface area contributed by atoms with Crippen LogP contribution in [0.1, 0.15) is 5.56 Å². The predicted molar refractivity (Wildman–Crippen MR) is 87.8 cm³/mol. The minimum atomic E-state index is 0.404. The van der Waals surface area contributed by atoms with Gasteiger partial charge in [-0.05, 0) is 35.7 Å². The number of anilines is 2. The number of nitrogens with zero attached hydrogens (tertiary/aromatic N) is 3. The van der Waals surface area contributed by atoms with Gasteiger partial charge in [0.1, 0.15) is 22.0 Å². The minimum absolute atomic E-state index is 0.404. The van der Waals surface area contributed by atoms with Gasteiger partial charge in [0, 0.05) is 18.3 Å². The normalized spacial score (nSPS) is 10.7. The largest absolute Gasteiger partial charge is 0.389 e. The average Bonchev–Trinajstić information content (AvgIpc) is 2.95. The van der Waals surface area contributed by atoms with Gasteiger partial charge < -0.3 is 10.6 Å². The monoisotopic (exact) mass is 300 g/mol. The maximum atomic E-state index is 5.61. The number of hydrogen-bond donors (Lipinski definition) is 1. The lowest BCUT2D eigenvalue weighted by atomic mass is 10.2. The smallest absolute Gasteiger partial charge is 0.144 e. The Balaban J connectivity index is 2.01. The van der Waals surface area contributed by atoms with Gasteiger partial charge in [0.05, 0.1) is 5.39 Å². The van der Waals surface area contributed by atoms with Crippen molar-refractivity contribution in [3.63, 3.8) is 0 Å². The number of benzene rings is 1. The van der Waals surface area contributed by atoms with Crippen LogP contribution in [0, 0.1) is 0 Å². The fraction of sp³-hybridized carbons (Fsp3) is 0.0714.